The van der Waals surface area contributed by atoms with Crippen LogP contribution in [0.4, 0.5) is 0 Å². The Labute approximate surface area is 92.5 Å². The van der Waals surface area contributed by atoms with Gasteiger partial charge in [0.2, 0.25) is 5.91 Å². The van der Waals surface area contributed by atoms with E-state index >= 15 is 0 Å². The highest BCUT2D eigenvalue weighted by Crippen LogP contribution is 2.30. The van der Waals surface area contributed by atoms with Crippen LogP contribution >= 0.6 is 0 Å². The summed E-state index contributed by atoms with van der Waals surface area (Å²) in [6.45, 7) is 8.12. The van der Waals surface area contributed by atoms with Crippen LogP contribution in [-0.4, -0.2) is 35.6 Å². The number of aliphatic hydroxyl groups is 1. The Morgan fingerprint density at radius 3 is 2.73 bits per heavy atom. The average molecular weight is 213 g/mol. The second-order valence-electron chi connectivity index (χ2n) is 5.54. The molecular weight excluding hydrogens is 190 g/mol. The lowest BCUT2D eigenvalue weighted by Crippen LogP contribution is -2.35. The number of carbonyl (C=O) groups excluding carboxylic acids is 1. The first-order chi connectivity index (χ1) is 6.94. The van der Waals surface area contributed by atoms with Gasteiger partial charge in [0, 0.05) is 26.1 Å². The van der Waals surface area contributed by atoms with Crippen LogP contribution in [0.1, 0.15) is 40.0 Å². The monoisotopic (exact) mass is 213 g/mol. The highest BCUT2D eigenvalue weighted by Gasteiger charge is 2.27. The largest absolute Gasteiger partial charge is 0.396 e. The summed E-state index contributed by atoms with van der Waals surface area (Å²) in [5.41, 5.74) is 0.285. The molecule has 0 aromatic carbocycles. The van der Waals surface area contributed by atoms with E-state index in [0.717, 1.165) is 19.4 Å². The molecule has 1 heterocycles. The predicted octanol–water partition coefficient (Wildman–Crippen LogP) is 1.65. The van der Waals surface area contributed by atoms with Crippen LogP contribution < -0.4 is 0 Å². The van der Waals surface area contributed by atoms with Gasteiger partial charge in [-0.3, -0.25) is 4.79 Å². The highest BCUT2D eigenvalue weighted by atomic mass is 16.3. The molecule has 15 heavy (non-hydrogen) atoms. The van der Waals surface area contributed by atoms with Crippen molar-refractivity contribution in [1.82, 2.24) is 4.90 Å². The Morgan fingerprint density at radius 2 is 2.13 bits per heavy atom. The van der Waals surface area contributed by atoms with E-state index in [4.69, 9.17) is 5.11 Å². The van der Waals surface area contributed by atoms with Crippen LogP contribution in [0.25, 0.3) is 0 Å². The predicted molar refractivity (Wildman–Crippen MR) is 60.5 cm³/mol. The van der Waals surface area contributed by atoms with Gasteiger partial charge < -0.3 is 10.0 Å². The number of carbonyl (C=O) groups is 1. The molecule has 0 aromatic rings. The lowest BCUT2D eigenvalue weighted by atomic mass is 9.85. The summed E-state index contributed by atoms with van der Waals surface area (Å²) in [6, 6.07) is 0. The normalized spacial score (nSPS) is 23.7. The van der Waals surface area contributed by atoms with Gasteiger partial charge in [-0.25, -0.2) is 0 Å². The molecule has 0 aromatic heterocycles. The number of nitrogens with zero attached hydrogens (tertiary/aromatic N) is 1. The molecule has 3 nitrogen and oxygen atoms in total. The van der Waals surface area contributed by atoms with Crippen LogP contribution in [0, 0.1) is 11.3 Å². The maximum atomic E-state index is 11.8. The molecule has 1 saturated heterocycles. The van der Waals surface area contributed by atoms with Gasteiger partial charge in [0.1, 0.15) is 0 Å². The van der Waals surface area contributed by atoms with E-state index in [1.54, 1.807) is 0 Å². The second kappa shape index (κ2) is 4.97. The van der Waals surface area contributed by atoms with Gasteiger partial charge in [0.25, 0.3) is 0 Å². The zero-order chi connectivity index (χ0) is 11.5. The lowest BCUT2D eigenvalue weighted by molar-refractivity contribution is -0.131. The van der Waals surface area contributed by atoms with Crippen molar-refractivity contribution in [2.24, 2.45) is 11.3 Å². The van der Waals surface area contributed by atoms with Crippen molar-refractivity contribution < 1.29 is 9.90 Å². The molecule has 1 aliphatic heterocycles. The molecule has 1 N–H and O–H groups in total. The van der Waals surface area contributed by atoms with E-state index in [1.165, 1.54) is 0 Å². The minimum atomic E-state index is 0.160. The fourth-order valence-electron chi connectivity index (χ4n) is 1.92. The minimum absolute atomic E-state index is 0.160. The van der Waals surface area contributed by atoms with Crippen LogP contribution in [0.2, 0.25) is 0 Å². The maximum absolute atomic E-state index is 11.8. The van der Waals surface area contributed by atoms with E-state index in [-0.39, 0.29) is 23.8 Å². The third kappa shape index (κ3) is 3.82. The summed E-state index contributed by atoms with van der Waals surface area (Å²) < 4.78 is 0. The van der Waals surface area contributed by atoms with Crippen molar-refractivity contribution in [3.8, 4) is 0 Å². The molecule has 1 fully saturated rings. The summed E-state index contributed by atoms with van der Waals surface area (Å²) >= 11 is 0. The van der Waals surface area contributed by atoms with Gasteiger partial charge >= 0.3 is 0 Å². The highest BCUT2D eigenvalue weighted by molar-refractivity contribution is 5.76. The number of hydrogen-bond donors (Lipinski definition) is 1. The minimum Gasteiger partial charge on any atom is -0.396 e. The SMILES string of the molecule is CC(CO)CN1CCC(C)(C)CCC1=O. The molecule has 1 atom stereocenters. The standard InChI is InChI=1S/C12H23NO2/c1-10(9-14)8-13-7-6-12(2,3)5-4-11(13)15/h10,14H,4-9H2,1-3H3. The van der Waals surface area contributed by atoms with Crippen molar-refractivity contribution in [2.45, 2.75) is 40.0 Å². The number of hydrogen-bond acceptors (Lipinski definition) is 2. The molecule has 0 bridgehead atoms. The van der Waals surface area contributed by atoms with Gasteiger partial charge in [-0.05, 0) is 24.2 Å². The van der Waals surface area contributed by atoms with Gasteiger partial charge in [0.15, 0.2) is 0 Å². The third-order valence-electron chi connectivity index (χ3n) is 3.27. The molecule has 0 radical (unpaired) electrons. The smallest absolute Gasteiger partial charge is 0.222 e. The summed E-state index contributed by atoms with van der Waals surface area (Å²) in [5.74, 6) is 0.441. The first kappa shape index (κ1) is 12.5. The van der Waals surface area contributed by atoms with Gasteiger partial charge in [0.05, 0.1) is 0 Å². The van der Waals surface area contributed by atoms with Crippen LogP contribution in [0.15, 0.2) is 0 Å². The molecule has 0 aliphatic carbocycles. The quantitative estimate of drug-likeness (QED) is 0.774. The van der Waals surface area contributed by atoms with E-state index < -0.39 is 0 Å². The molecule has 0 saturated carbocycles. The fourth-order valence-corrected chi connectivity index (χ4v) is 1.92. The number of rotatable bonds is 3. The topological polar surface area (TPSA) is 40.5 Å². The Morgan fingerprint density at radius 1 is 1.47 bits per heavy atom. The van der Waals surface area contributed by atoms with Crippen LogP contribution in [0.3, 0.4) is 0 Å². The van der Waals surface area contributed by atoms with Crippen LogP contribution in [-0.2, 0) is 4.79 Å². The molecule has 1 rings (SSSR count). The molecular formula is C12H23NO2. The zero-order valence-electron chi connectivity index (χ0n) is 10.1. The average Bonchev–Trinajstić information content (AvgIpc) is 2.31. The summed E-state index contributed by atoms with van der Waals surface area (Å²) in [5, 5.41) is 8.99. The number of likely N-dealkylation sites (tertiary alicyclic amines) is 1. The van der Waals surface area contributed by atoms with Crippen molar-refractivity contribution in [3.05, 3.63) is 0 Å². The second-order valence-corrected chi connectivity index (χ2v) is 5.54. The Kier molecular flexibility index (Phi) is 4.14. The van der Waals surface area contributed by atoms with E-state index in [0.29, 0.717) is 13.0 Å². The van der Waals surface area contributed by atoms with E-state index in [9.17, 15) is 4.79 Å². The number of amides is 1. The van der Waals surface area contributed by atoms with Gasteiger partial charge in [-0.2, -0.15) is 0 Å². The Balaban J connectivity index is 2.54. The maximum Gasteiger partial charge on any atom is 0.222 e. The van der Waals surface area contributed by atoms with Crippen molar-refractivity contribution >= 4 is 5.91 Å². The van der Waals surface area contributed by atoms with Crippen molar-refractivity contribution in [1.29, 1.82) is 0 Å². The summed E-state index contributed by atoms with van der Waals surface area (Å²) in [6.07, 6.45) is 2.71. The molecule has 1 aliphatic rings. The van der Waals surface area contributed by atoms with E-state index in [2.05, 4.69) is 13.8 Å². The molecule has 1 unspecified atom stereocenters. The first-order valence-corrected chi connectivity index (χ1v) is 5.83. The van der Waals surface area contributed by atoms with Gasteiger partial charge in [-0.15, -0.1) is 0 Å². The van der Waals surface area contributed by atoms with E-state index in [1.807, 2.05) is 11.8 Å². The van der Waals surface area contributed by atoms with Gasteiger partial charge in [-0.1, -0.05) is 20.8 Å². The number of aliphatic hydroxyl groups excluding tert-OH is 1. The molecule has 3 heteroatoms. The Bertz CT molecular complexity index is 226. The fraction of sp³-hybridized carbons (Fsp3) is 0.917. The summed E-state index contributed by atoms with van der Waals surface area (Å²) in [7, 11) is 0. The van der Waals surface area contributed by atoms with Crippen LogP contribution in [0.5, 0.6) is 0 Å². The Hall–Kier alpha value is -0.570. The lowest BCUT2D eigenvalue weighted by Gasteiger charge is -2.25. The van der Waals surface area contributed by atoms with Crippen molar-refractivity contribution in [2.75, 3.05) is 19.7 Å². The summed E-state index contributed by atoms with van der Waals surface area (Å²) in [4.78, 5) is 13.7. The first-order valence-electron chi connectivity index (χ1n) is 5.83. The zero-order valence-corrected chi connectivity index (χ0v) is 10.1. The molecule has 1 amide bonds. The molecule has 0 spiro atoms. The van der Waals surface area contributed by atoms with Crippen molar-refractivity contribution in [3.63, 3.8) is 0 Å². The molecule has 88 valence electrons. The third-order valence-corrected chi connectivity index (χ3v) is 3.27.